The first-order valence-electron chi connectivity index (χ1n) is 10.4. The Morgan fingerprint density at radius 3 is 2.59 bits per heavy atom. The average Bonchev–Trinajstić information content (AvgIpc) is 3.12. The zero-order valence-electron chi connectivity index (χ0n) is 18.1. The van der Waals surface area contributed by atoms with Gasteiger partial charge in [0.05, 0.1) is 23.2 Å². The van der Waals surface area contributed by atoms with Crippen molar-refractivity contribution in [3.63, 3.8) is 0 Å². The molecule has 9 heteroatoms. The highest BCUT2D eigenvalue weighted by Gasteiger charge is 2.15. The van der Waals surface area contributed by atoms with Gasteiger partial charge in [-0.15, -0.1) is 0 Å². The zero-order chi connectivity index (χ0) is 22.9. The van der Waals surface area contributed by atoms with E-state index in [-0.39, 0.29) is 11.7 Å². The second-order valence-electron chi connectivity index (χ2n) is 6.83. The lowest BCUT2D eigenvalue weighted by Gasteiger charge is -2.10. The molecule has 6 nitrogen and oxygen atoms in total. The molecular weight excluding hydrogens is 438 g/mol. The van der Waals surface area contributed by atoms with E-state index in [2.05, 4.69) is 9.30 Å². The molecule has 0 aliphatic rings. The predicted octanol–water partition coefficient (Wildman–Crippen LogP) is 5.53. The lowest BCUT2D eigenvalue weighted by atomic mass is 10.2. The zero-order valence-corrected chi connectivity index (χ0v) is 18.9. The second-order valence-corrected chi connectivity index (χ2v) is 7.77. The number of alkyl halides is 2. The smallest absolute Gasteiger partial charge is 0.387 e. The Labute approximate surface area is 189 Å². The number of benzene rings is 2. The number of thioether (sulfide) groups is 1. The molecule has 2 aromatic carbocycles. The van der Waals surface area contributed by atoms with Crippen LogP contribution < -0.4 is 4.74 Å². The van der Waals surface area contributed by atoms with Crippen molar-refractivity contribution in [3.8, 4) is 5.75 Å². The third-order valence-electron chi connectivity index (χ3n) is 4.62. The molecular formula is C23H26F2N2O4S. The lowest BCUT2D eigenvalue weighted by molar-refractivity contribution is -0.0498. The number of aryl methyl sites for hydroxylation is 1. The second kappa shape index (κ2) is 11.8. The number of imidazole rings is 1. The molecule has 1 aromatic heterocycles. The van der Waals surface area contributed by atoms with Crippen LogP contribution in [0.1, 0.15) is 36.2 Å². The fourth-order valence-electron chi connectivity index (χ4n) is 3.16. The Morgan fingerprint density at radius 2 is 1.91 bits per heavy atom. The number of nitrogens with zero attached hydrogens (tertiary/aromatic N) is 2. The summed E-state index contributed by atoms with van der Waals surface area (Å²) in [5, 5.41) is 0.811. The van der Waals surface area contributed by atoms with Crippen molar-refractivity contribution >= 4 is 28.8 Å². The largest absolute Gasteiger partial charge is 0.462 e. The molecule has 0 spiro atoms. The number of halogens is 2. The number of esters is 1. The number of carbonyl (C=O) groups excluding carboxylic acids is 1. The summed E-state index contributed by atoms with van der Waals surface area (Å²) in [6.07, 6.45) is 0.826. The first kappa shape index (κ1) is 24.0. The van der Waals surface area contributed by atoms with Gasteiger partial charge in [0.1, 0.15) is 5.75 Å². The lowest BCUT2D eigenvalue weighted by Crippen LogP contribution is -2.05. The van der Waals surface area contributed by atoms with Crippen LogP contribution in [0.5, 0.6) is 5.75 Å². The number of hydrogen-bond acceptors (Lipinski definition) is 6. The molecule has 172 valence electrons. The number of ether oxygens (including phenoxy) is 3. The van der Waals surface area contributed by atoms with E-state index in [0.717, 1.165) is 34.7 Å². The van der Waals surface area contributed by atoms with E-state index < -0.39 is 6.61 Å². The molecule has 0 N–H and O–H groups in total. The normalized spacial score (nSPS) is 11.3. The van der Waals surface area contributed by atoms with Crippen molar-refractivity contribution in [2.75, 3.05) is 19.8 Å². The summed E-state index contributed by atoms with van der Waals surface area (Å²) < 4.78 is 41.7. The molecule has 1 heterocycles. The molecule has 0 amide bonds. The molecule has 0 unspecified atom stereocenters. The Hall–Kier alpha value is -2.65. The quantitative estimate of drug-likeness (QED) is 0.199. The average molecular weight is 465 g/mol. The van der Waals surface area contributed by atoms with E-state index in [4.69, 9.17) is 14.5 Å². The van der Waals surface area contributed by atoms with Gasteiger partial charge in [0.25, 0.3) is 0 Å². The van der Waals surface area contributed by atoms with Crippen LogP contribution in [0.4, 0.5) is 8.78 Å². The SMILES string of the molecule is CCOCCCn1c(SCc2ccc(OC(F)F)cc2)nc2cc(C(=O)OCC)ccc21. The van der Waals surface area contributed by atoms with Gasteiger partial charge in [-0.1, -0.05) is 23.9 Å². The molecule has 0 fully saturated rings. The van der Waals surface area contributed by atoms with Crippen molar-refractivity contribution in [1.82, 2.24) is 9.55 Å². The fraction of sp³-hybridized carbons (Fsp3) is 0.391. The molecule has 3 aromatic rings. The Morgan fingerprint density at radius 1 is 1.12 bits per heavy atom. The van der Waals surface area contributed by atoms with Crippen LogP contribution in [0.15, 0.2) is 47.6 Å². The van der Waals surface area contributed by atoms with Crippen LogP contribution in [0.3, 0.4) is 0 Å². The Bertz CT molecular complexity index is 1020. The van der Waals surface area contributed by atoms with Gasteiger partial charge in [0.15, 0.2) is 5.16 Å². The van der Waals surface area contributed by atoms with E-state index in [0.29, 0.717) is 31.1 Å². The van der Waals surface area contributed by atoms with Gasteiger partial charge in [0, 0.05) is 25.5 Å². The van der Waals surface area contributed by atoms with Crippen molar-refractivity contribution in [3.05, 3.63) is 53.6 Å². The maximum atomic E-state index is 12.3. The van der Waals surface area contributed by atoms with Gasteiger partial charge < -0.3 is 18.8 Å². The van der Waals surface area contributed by atoms with Crippen molar-refractivity contribution in [2.24, 2.45) is 0 Å². The maximum Gasteiger partial charge on any atom is 0.387 e. The van der Waals surface area contributed by atoms with Crippen LogP contribution >= 0.6 is 11.8 Å². The summed E-state index contributed by atoms with van der Waals surface area (Å²) in [4.78, 5) is 16.8. The third-order valence-corrected chi connectivity index (χ3v) is 5.66. The molecule has 0 saturated heterocycles. The van der Waals surface area contributed by atoms with Crippen LogP contribution in [-0.4, -0.2) is 42.0 Å². The molecule has 0 radical (unpaired) electrons. The van der Waals surface area contributed by atoms with Crippen molar-refractivity contribution in [1.29, 1.82) is 0 Å². The van der Waals surface area contributed by atoms with E-state index >= 15 is 0 Å². The van der Waals surface area contributed by atoms with Crippen LogP contribution in [-0.2, 0) is 21.8 Å². The molecule has 0 aliphatic carbocycles. The first-order chi connectivity index (χ1) is 15.5. The summed E-state index contributed by atoms with van der Waals surface area (Å²) in [5.74, 6) is 0.359. The molecule has 0 saturated carbocycles. The van der Waals surface area contributed by atoms with Gasteiger partial charge in [-0.05, 0) is 56.2 Å². The summed E-state index contributed by atoms with van der Waals surface area (Å²) in [5.41, 5.74) is 3.06. The fourth-order valence-corrected chi connectivity index (χ4v) is 4.16. The number of carbonyl (C=O) groups is 1. The third kappa shape index (κ3) is 6.43. The van der Waals surface area contributed by atoms with E-state index in [1.54, 1.807) is 31.2 Å². The predicted molar refractivity (Wildman–Crippen MR) is 119 cm³/mol. The maximum absolute atomic E-state index is 12.3. The number of rotatable bonds is 12. The standard InChI is InChI=1S/C23H26F2N2O4S/c1-3-29-13-5-12-27-20-11-8-17(21(28)30-4-2)14-19(20)26-23(27)32-15-16-6-9-18(10-7-16)31-22(24)25/h6-11,14,22H,3-5,12-13,15H2,1-2H3. The van der Waals surface area contributed by atoms with Gasteiger partial charge in [-0.2, -0.15) is 8.78 Å². The molecule has 32 heavy (non-hydrogen) atoms. The van der Waals surface area contributed by atoms with Crippen LogP contribution in [0.25, 0.3) is 11.0 Å². The highest BCUT2D eigenvalue weighted by atomic mass is 32.2. The topological polar surface area (TPSA) is 62.6 Å². The highest BCUT2D eigenvalue weighted by molar-refractivity contribution is 7.98. The highest BCUT2D eigenvalue weighted by Crippen LogP contribution is 2.29. The van der Waals surface area contributed by atoms with Gasteiger partial charge in [0.2, 0.25) is 0 Å². The van der Waals surface area contributed by atoms with Gasteiger partial charge >= 0.3 is 12.6 Å². The number of hydrogen-bond donors (Lipinski definition) is 0. The summed E-state index contributed by atoms with van der Waals surface area (Å²) in [7, 11) is 0. The minimum Gasteiger partial charge on any atom is -0.462 e. The summed E-state index contributed by atoms with van der Waals surface area (Å²) in [6.45, 7) is 3.23. The van der Waals surface area contributed by atoms with E-state index in [1.807, 2.05) is 13.0 Å². The minimum atomic E-state index is -2.84. The van der Waals surface area contributed by atoms with E-state index in [9.17, 15) is 13.6 Å². The first-order valence-corrected chi connectivity index (χ1v) is 11.4. The monoisotopic (exact) mass is 464 g/mol. The molecule has 0 aliphatic heterocycles. The van der Waals surface area contributed by atoms with Crippen LogP contribution in [0.2, 0.25) is 0 Å². The van der Waals surface area contributed by atoms with Gasteiger partial charge in [-0.3, -0.25) is 0 Å². The molecule has 0 atom stereocenters. The number of aromatic nitrogens is 2. The Kier molecular flexibility index (Phi) is 8.87. The van der Waals surface area contributed by atoms with Crippen molar-refractivity contribution in [2.45, 2.75) is 44.3 Å². The molecule has 3 rings (SSSR count). The minimum absolute atomic E-state index is 0.128. The summed E-state index contributed by atoms with van der Waals surface area (Å²) in [6, 6.07) is 11.9. The van der Waals surface area contributed by atoms with E-state index in [1.165, 1.54) is 23.9 Å². The van der Waals surface area contributed by atoms with Crippen molar-refractivity contribution < 1.29 is 27.8 Å². The number of fused-ring (bicyclic) bond motifs is 1. The van der Waals surface area contributed by atoms with Gasteiger partial charge in [-0.25, -0.2) is 9.78 Å². The van der Waals surface area contributed by atoms with Crippen LogP contribution in [0, 0.1) is 0 Å². The summed E-state index contributed by atoms with van der Waals surface area (Å²) >= 11 is 1.54. The molecule has 0 bridgehead atoms. The Balaban J connectivity index is 1.80.